The highest BCUT2D eigenvalue weighted by atomic mass is 32.1. The lowest BCUT2D eigenvalue weighted by Gasteiger charge is -2.19. The van der Waals surface area contributed by atoms with Gasteiger partial charge in [-0.25, -0.2) is 15.0 Å². The molecule has 87 heavy (non-hydrogen) atoms. The van der Waals surface area contributed by atoms with Crippen LogP contribution in [0.5, 0.6) is 0 Å². The molecule has 3 aromatic heterocycles. The minimum Gasteiger partial charge on any atom is -0.481 e. The third kappa shape index (κ3) is 21.7. The van der Waals surface area contributed by atoms with Crippen LogP contribution in [0.2, 0.25) is 0 Å². The molecule has 3 aliphatic rings. The van der Waals surface area contributed by atoms with Crippen molar-refractivity contribution >= 4 is 118 Å². The zero-order chi connectivity index (χ0) is 63.0. The summed E-state index contributed by atoms with van der Waals surface area (Å²) < 4.78 is 2.92. The Kier molecular flexibility index (Phi) is 27.4. The first-order valence-corrected chi connectivity index (χ1v) is 32.2. The Balaban J connectivity index is 0.000000196. The van der Waals surface area contributed by atoms with Crippen molar-refractivity contribution in [3.8, 4) is 0 Å². The summed E-state index contributed by atoms with van der Waals surface area (Å²) in [4.78, 5) is 99.1. The van der Waals surface area contributed by atoms with Gasteiger partial charge in [0.25, 0.3) is 0 Å². The van der Waals surface area contributed by atoms with Crippen molar-refractivity contribution in [2.75, 3.05) is 33.7 Å². The van der Waals surface area contributed by atoms with Gasteiger partial charge in [0.1, 0.15) is 0 Å². The van der Waals surface area contributed by atoms with Crippen LogP contribution in [-0.2, 0) is 14.4 Å². The third-order valence-electron chi connectivity index (χ3n) is 15.5. The van der Waals surface area contributed by atoms with E-state index in [0.29, 0.717) is 96.9 Å². The van der Waals surface area contributed by atoms with E-state index < -0.39 is 24.1 Å². The van der Waals surface area contributed by atoms with Gasteiger partial charge < -0.3 is 60.8 Å². The van der Waals surface area contributed by atoms with E-state index in [1.165, 1.54) is 34.0 Å². The van der Waals surface area contributed by atoms with Crippen LogP contribution < -0.4 is 55.7 Å². The maximum absolute atomic E-state index is 13.2. The third-order valence-corrected chi connectivity index (χ3v) is 18.6. The molecule has 17 N–H and O–H groups in total. The molecule has 6 aromatic rings. The number of amides is 2. The van der Waals surface area contributed by atoms with E-state index in [0.717, 1.165) is 88.4 Å². The Morgan fingerprint density at radius 3 is 1.34 bits per heavy atom. The van der Waals surface area contributed by atoms with Crippen molar-refractivity contribution in [1.82, 2.24) is 36.2 Å². The highest BCUT2D eigenvalue weighted by molar-refractivity contribution is 7.21. The zero-order valence-corrected chi connectivity index (χ0v) is 52.6. The molecule has 3 aromatic carbocycles. The van der Waals surface area contributed by atoms with Gasteiger partial charge in [-0.15, -0.1) is 34.0 Å². The van der Waals surface area contributed by atoms with Gasteiger partial charge in [0.2, 0.25) is 29.2 Å². The van der Waals surface area contributed by atoms with Gasteiger partial charge in [-0.2, -0.15) is 0 Å². The molecule has 3 heterocycles. The molecule has 1 unspecified atom stereocenters. The number of carboxylic acid groups (broad SMARTS) is 1. The minimum atomic E-state index is -0.654. The molecule has 9 rings (SSSR count). The quantitative estimate of drug-likeness (QED) is 0.0141. The summed E-state index contributed by atoms with van der Waals surface area (Å²) in [5, 5.41) is 21.7. The zero-order valence-electron chi connectivity index (χ0n) is 50.1. The molecular weight excluding hydrogens is 1160 g/mol. The van der Waals surface area contributed by atoms with Gasteiger partial charge in [-0.1, -0.05) is 50.2 Å². The predicted molar refractivity (Wildman–Crippen MR) is 349 cm³/mol. The number of nitrogens with zero attached hydrogens (tertiary/aromatic N) is 6. The molecule has 3 saturated carbocycles. The number of carbonyl (C=O) groups is 6. The lowest BCUT2D eigenvalue weighted by molar-refractivity contribution is -0.141. The lowest BCUT2D eigenvalue weighted by atomic mass is 10.0. The maximum atomic E-state index is 13.2. The van der Waals surface area contributed by atoms with Gasteiger partial charge >= 0.3 is 5.97 Å². The number of aromatic nitrogens is 3. The second kappa shape index (κ2) is 34.7. The van der Waals surface area contributed by atoms with E-state index >= 15 is 0 Å². The monoisotopic (exact) mass is 1250 g/mol. The molecule has 470 valence electrons. The fourth-order valence-electron chi connectivity index (χ4n) is 10.5. The van der Waals surface area contributed by atoms with E-state index in [1.807, 2.05) is 72.8 Å². The largest absolute Gasteiger partial charge is 0.481 e. The van der Waals surface area contributed by atoms with Crippen molar-refractivity contribution in [3.05, 3.63) is 87.8 Å². The SMILES string of the molecule is CN=C(N)NCCC[C@H](N)C(=O)c1nc2ccccc2s1.CN=C(N)NCCC[C@H](NC(=O)[C@H]1CC[C@@H](C)C1)C(=O)c1nc2ccccc2s1.C[C@@H]1CC[C@H](C(=O)O)C1.NC(N)=NCCCC(NC(=O)[C@H]1CC[C@@H](N)C1)C(=O)c1nc2ccccc2s1. The van der Waals surface area contributed by atoms with Crippen molar-refractivity contribution in [3.63, 3.8) is 0 Å². The van der Waals surface area contributed by atoms with Crippen LogP contribution in [0.3, 0.4) is 0 Å². The van der Waals surface area contributed by atoms with E-state index in [4.69, 9.17) is 39.5 Å². The smallest absolute Gasteiger partial charge is 0.306 e. The van der Waals surface area contributed by atoms with Crippen LogP contribution in [0, 0.1) is 29.6 Å². The standard InChI is InChI=1S/C21H29N5O2S.C19H26N6O2S.C14H19N5OS.C7H12O2/c1-13-9-10-14(12-13)19(28)25-16(7-5-11-24-21(22)23-2)18(27)20-26-15-6-3-4-8-17(15)29-20;20-12-8-7-11(10-12)17(27)24-14(5-3-9-23-19(21)22)16(26)18-25-13-4-1-2-6-15(13)28-18;1-17-14(16)18-8-4-5-9(15)12(20)13-19-10-6-2-3-7-11(10)21-13;1-5-2-3-6(4-5)7(8)9/h3-4,6,8,13-14,16H,5,7,9-12H2,1-2H3,(H,25,28)(H3,22,23,24);1-2,4,6,11-12,14H,3,5,7-10,20H2,(H,24,27)(H4,21,22,23);2-3,6-7,9H,4-5,8,15H2,1H3,(H3,16,17,18);5-6H,2-4H2,1H3,(H,8,9)/t13-,14+,16+;11-,12+,14?;9-;5-,6+/m1001/s1. The number of carboxylic acids is 1. The number of ketones is 3. The highest BCUT2D eigenvalue weighted by Crippen LogP contribution is 2.32. The number of thiazole rings is 3. The maximum Gasteiger partial charge on any atom is 0.306 e. The van der Waals surface area contributed by atoms with E-state index in [-0.39, 0.29) is 58.9 Å². The molecular formula is C61H86N16O7S3. The Labute approximate surface area is 519 Å². The summed E-state index contributed by atoms with van der Waals surface area (Å²) in [7, 11) is 3.23. The Bertz CT molecular complexity index is 3240. The minimum absolute atomic E-state index is 0.00309. The van der Waals surface area contributed by atoms with Gasteiger partial charge in [-0.3, -0.25) is 43.7 Å². The molecule has 0 bridgehead atoms. The second-order valence-electron chi connectivity index (χ2n) is 22.4. The molecule has 0 spiro atoms. The van der Waals surface area contributed by atoms with Crippen LogP contribution in [0.1, 0.15) is 140 Å². The molecule has 3 aliphatic carbocycles. The summed E-state index contributed by atoms with van der Waals surface area (Å²) in [5.74, 6) is 0.621. The first kappa shape index (κ1) is 68.6. The van der Waals surface area contributed by atoms with Crippen molar-refractivity contribution in [2.24, 2.45) is 79.0 Å². The Morgan fingerprint density at radius 1 is 0.563 bits per heavy atom. The molecule has 23 nitrogen and oxygen atoms in total. The average Bonchev–Trinajstić information content (AvgIpc) is 2.66. The molecule has 0 radical (unpaired) electrons. The van der Waals surface area contributed by atoms with E-state index in [2.05, 4.69) is 65.0 Å². The number of hydrogen-bond donors (Lipinski definition) is 11. The number of Topliss-reactive ketones (excluding diaryl/α,β-unsaturated/α-hetero) is 3. The number of rotatable bonds is 23. The van der Waals surface area contributed by atoms with Crippen molar-refractivity contribution in [2.45, 2.75) is 134 Å². The van der Waals surface area contributed by atoms with Crippen LogP contribution >= 0.6 is 34.0 Å². The number of nitrogens with two attached hydrogens (primary N) is 6. The summed E-state index contributed by atoms with van der Waals surface area (Å²) in [6.07, 6.45) is 11.5. The molecule has 0 saturated heterocycles. The summed E-state index contributed by atoms with van der Waals surface area (Å²) in [6.45, 7) is 5.91. The number of guanidine groups is 3. The Hall–Kier alpha value is -7.52. The molecule has 0 aliphatic heterocycles. The second-order valence-corrected chi connectivity index (χ2v) is 25.5. The first-order chi connectivity index (χ1) is 41.7. The highest BCUT2D eigenvalue weighted by Gasteiger charge is 2.34. The number of aliphatic imine (C=N–C) groups is 3. The van der Waals surface area contributed by atoms with Crippen molar-refractivity contribution < 1.29 is 33.9 Å². The number of fused-ring (bicyclic) bond motifs is 3. The average molecular weight is 1250 g/mol. The van der Waals surface area contributed by atoms with Crippen LogP contribution in [-0.4, -0.2) is 131 Å². The van der Waals surface area contributed by atoms with Gasteiger partial charge in [0.15, 0.2) is 32.9 Å². The predicted octanol–water partition coefficient (Wildman–Crippen LogP) is 6.49. The number of benzene rings is 3. The van der Waals surface area contributed by atoms with Crippen LogP contribution in [0.4, 0.5) is 0 Å². The number of nitrogens with one attached hydrogen (secondary N) is 4. The fraction of sp³-hybridized carbons (Fsp3) is 0.508. The van der Waals surface area contributed by atoms with Gasteiger partial charge in [-0.05, 0) is 145 Å². The number of carbonyl (C=O) groups excluding carboxylic acids is 5. The van der Waals surface area contributed by atoms with E-state index in [1.54, 1.807) is 14.1 Å². The van der Waals surface area contributed by atoms with Crippen molar-refractivity contribution in [1.29, 1.82) is 0 Å². The fourth-order valence-corrected chi connectivity index (χ4v) is 13.4. The Morgan fingerprint density at radius 2 is 0.966 bits per heavy atom. The lowest BCUT2D eigenvalue weighted by Crippen LogP contribution is -2.44. The first-order valence-electron chi connectivity index (χ1n) is 29.7. The molecule has 26 heteroatoms. The summed E-state index contributed by atoms with van der Waals surface area (Å²) >= 11 is 4.10. The molecule has 2 amide bonds. The summed E-state index contributed by atoms with van der Waals surface area (Å²) in [6, 6.07) is 21.2. The van der Waals surface area contributed by atoms with E-state index in [9.17, 15) is 28.8 Å². The van der Waals surface area contributed by atoms with Gasteiger partial charge in [0, 0.05) is 51.6 Å². The van der Waals surface area contributed by atoms with Crippen LogP contribution in [0.15, 0.2) is 87.8 Å². The molecule has 3 fully saturated rings. The number of hydrogen-bond acceptors (Lipinski definition) is 17. The number of para-hydroxylation sites is 3. The number of aliphatic carboxylic acids is 1. The normalized spacial score (nSPS) is 20.1. The van der Waals surface area contributed by atoms with Gasteiger partial charge in [0.05, 0.1) is 54.7 Å². The van der Waals surface area contributed by atoms with Crippen LogP contribution in [0.25, 0.3) is 30.6 Å². The topological polar surface area (TPSA) is 403 Å². The molecule has 9 atom stereocenters. The summed E-state index contributed by atoms with van der Waals surface area (Å²) in [5.41, 5.74) is 36.2.